The molecule has 0 saturated carbocycles. The Hall–Kier alpha value is -3.02. The van der Waals surface area contributed by atoms with E-state index in [1.54, 1.807) is 19.1 Å². The molecule has 1 saturated heterocycles. The van der Waals surface area contributed by atoms with E-state index in [0.717, 1.165) is 17.7 Å². The minimum atomic E-state index is -0.454. The third kappa shape index (κ3) is 5.19. The lowest BCUT2D eigenvalue weighted by atomic mass is 9.82. The van der Waals surface area contributed by atoms with Crippen LogP contribution in [0.4, 0.5) is 5.69 Å². The van der Waals surface area contributed by atoms with Crippen molar-refractivity contribution < 1.29 is 19.1 Å². The summed E-state index contributed by atoms with van der Waals surface area (Å²) in [5.74, 6) is 1.48. The summed E-state index contributed by atoms with van der Waals surface area (Å²) in [4.78, 5) is 28.1. The summed E-state index contributed by atoms with van der Waals surface area (Å²) >= 11 is 0. The predicted octanol–water partition coefficient (Wildman–Crippen LogP) is 4.35. The second-order valence-electron chi connectivity index (χ2n) is 8.27. The van der Waals surface area contributed by atoms with Gasteiger partial charge in [-0.15, -0.1) is 0 Å². The quantitative estimate of drug-likeness (QED) is 0.684. The second-order valence-corrected chi connectivity index (χ2v) is 8.27. The Labute approximate surface area is 184 Å². The standard InChI is InChI=1S/C25H32N2O4/c1-17(2)15-16-26-25(29)21-13-14-23(28)27(18-9-11-19(30-3)12-10-18)24(21)20-7-5-6-8-22(20)31-4/h5-12,17,21,24H,13-16H2,1-4H3,(H,26,29)/t21-,24-/m1/s1. The molecule has 1 aliphatic rings. The molecule has 2 amide bonds. The van der Waals surface area contributed by atoms with Crippen LogP contribution >= 0.6 is 0 Å². The van der Waals surface area contributed by atoms with Crippen molar-refractivity contribution in [3.8, 4) is 11.5 Å². The molecule has 2 aromatic rings. The Morgan fingerprint density at radius 3 is 2.45 bits per heavy atom. The molecule has 0 aliphatic carbocycles. The maximum absolute atomic E-state index is 13.2. The first kappa shape index (κ1) is 22.7. The lowest BCUT2D eigenvalue weighted by Gasteiger charge is -2.41. The summed E-state index contributed by atoms with van der Waals surface area (Å²) in [5, 5.41) is 3.09. The fourth-order valence-electron chi connectivity index (χ4n) is 4.10. The van der Waals surface area contributed by atoms with E-state index in [0.29, 0.717) is 36.8 Å². The van der Waals surface area contributed by atoms with Crippen LogP contribution < -0.4 is 19.7 Å². The molecule has 6 nitrogen and oxygen atoms in total. The average Bonchev–Trinajstić information content (AvgIpc) is 2.78. The van der Waals surface area contributed by atoms with Crippen molar-refractivity contribution >= 4 is 17.5 Å². The molecule has 1 aliphatic heterocycles. The minimum absolute atomic E-state index is 0.00713. The van der Waals surface area contributed by atoms with E-state index in [2.05, 4.69) is 19.2 Å². The Morgan fingerprint density at radius 1 is 1.10 bits per heavy atom. The van der Waals surface area contributed by atoms with Crippen molar-refractivity contribution in [2.45, 2.75) is 39.2 Å². The van der Waals surface area contributed by atoms with Gasteiger partial charge in [-0.1, -0.05) is 32.0 Å². The maximum atomic E-state index is 13.2. The monoisotopic (exact) mass is 424 g/mol. The number of rotatable bonds is 8. The van der Waals surface area contributed by atoms with Gasteiger partial charge in [-0.25, -0.2) is 0 Å². The van der Waals surface area contributed by atoms with Crippen LogP contribution in [0.5, 0.6) is 11.5 Å². The van der Waals surface area contributed by atoms with Gasteiger partial charge in [0.2, 0.25) is 11.8 Å². The molecule has 31 heavy (non-hydrogen) atoms. The highest BCUT2D eigenvalue weighted by Gasteiger charge is 2.42. The SMILES string of the molecule is COc1ccc(N2C(=O)CC[C@@H](C(=O)NCCC(C)C)[C@H]2c2ccccc2OC)cc1. The molecule has 2 atom stereocenters. The molecule has 3 rings (SSSR count). The fraction of sp³-hybridized carbons (Fsp3) is 0.440. The third-order valence-electron chi connectivity index (χ3n) is 5.76. The van der Waals surface area contributed by atoms with Gasteiger partial charge >= 0.3 is 0 Å². The molecule has 0 aromatic heterocycles. The number of nitrogens with zero attached hydrogens (tertiary/aromatic N) is 1. The molecule has 2 aromatic carbocycles. The zero-order chi connectivity index (χ0) is 22.4. The molecule has 166 valence electrons. The number of para-hydroxylation sites is 1. The van der Waals surface area contributed by atoms with E-state index < -0.39 is 6.04 Å². The number of hydrogen-bond acceptors (Lipinski definition) is 4. The van der Waals surface area contributed by atoms with E-state index in [-0.39, 0.29) is 17.7 Å². The zero-order valence-corrected chi connectivity index (χ0v) is 18.8. The van der Waals surface area contributed by atoms with Crippen molar-refractivity contribution in [3.63, 3.8) is 0 Å². The Balaban J connectivity index is 2.01. The van der Waals surface area contributed by atoms with Gasteiger partial charge in [-0.05, 0) is 49.1 Å². The van der Waals surface area contributed by atoms with Crippen LogP contribution in [0.3, 0.4) is 0 Å². The first-order chi connectivity index (χ1) is 15.0. The van der Waals surface area contributed by atoms with E-state index in [4.69, 9.17) is 9.47 Å². The Kier molecular flexibility index (Phi) is 7.55. The first-order valence-corrected chi connectivity index (χ1v) is 10.8. The zero-order valence-electron chi connectivity index (χ0n) is 18.8. The van der Waals surface area contributed by atoms with Crippen molar-refractivity contribution in [3.05, 3.63) is 54.1 Å². The van der Waals surface area contributed by atoms with Gasteiger partial charge < -0.3 is 19.7 Å². The number of ether oxygens (including phenoxy) is 2. The van der Waals surface area contributed by atoms with E-state index >= 15 is 0 Å². The number of carbonyl (C=O) groups excluding carboxylic acids is 2. The van der Waals surface area contributed by atoms with E-state index in [9.17, 15) is 9.59 Å². The number of anilines is 1. The molecule has 0 unspecified atom stereocenters. The van der Waals surface area contributed by atoms with Gasteiger partial charge in [0.1, 0.15) is 11.5 Å². The van der Waals surface area contributed by atoms with Gasteiger partial charge in [0, 0.05) is 24.2 Å². The highest BCUT2D eigenvalue weighted by atomic mass is 16.5. The third-order valence-corrected chi connectivity index (χ3v) is 5.76. The summed E-state index contributed by atoms with van der Waals surface area (Å²) in [7, 11) is 3.22. The highest BCUT2D eigenvalue weighted by Crippen LogP contribution is 2.43. The summed E-state index contributed by atoms with van der Waals surface area (Å²) in [5.41, 5.74) is 1.57. The van der Waals surface area contributed by atoms with Crippen LogP contribution in [-0.2, 0) is 9.59 Å². The van der Waals surface area contributed by atoms with Gasteiger partial charge in [-0.2, -0.15) is 0 Å². The number of hydrogen-bond donors (Lipinski definition) is 1. The number of methoxy groups -OCH3 is 2. The number of piperidine rings is 1. The van der Waals surface area contributed by atoms with Crippen molar-refractivity contribution in [1.82, 2.24) is 5.32 Å². The highest BCUT2D eigenvalue weighted by molar-refractivity contribution is 5.97. The molecule has 1 fully saturated rings. The van der Waals surface area contributed by atoms with Gasteiger partial charge in [-0.3, -0.25) is 9.59 Å². The largest absolute Gasteiger partial charge is 0.497 e. The van der Waals surface area contributed by atoms with Crippen molar-refractivity contribution in [2.24, 2.45) is 11.8 Å². The van der Waals surface area contributed by atoms with Gasteiger partial charge in [0.25, 0.3) is 0 Å². The van der Waals surface area contributed by atoms with Crippen LogP contribution in [0.15, 0.2) is 48.5 Å². The maximum Gasteiger partial charge on any atom is 0.227 e. The minimum Gasteiger partial charge on any atom is -0.497 e. The summed E-state index contributed by atoms with van der Waals surface area (Å²) in [6, 6.07) is 14.5. The number of nitrogens with one attached hydrogen (secondary N) is 1. The Morgan fingerprint density at radius 2 is 1.81 bits per heavy atom. The van der Waals surface area contributed by atoms with E-state index in [1.165, 1.54) is 0 Å². The molecule has 1 heterocycles. The van der Waals surface area contributed by atoms with Crippen molar-refractivity contribution in [2.75, 3.05) is 25.7 Å². The topological polar surface area (TPSA) is 67.9 Å². The molecular weight excluding hydrogens is 392 g/mol. The van der Waals surface area contributed by atoms with Crippen LogP contribution in [0.1, 0.15) is 44.7 Å². The second kappa shape index (κ2) is 10.3. The molecule has 0 bridgehead atoms. The summed E-state index contributed by atoms with van der Waals surface area (Å²) in [6.45, 7) is 4.89. The molecule has 0 spiro atoms. The van der Waals surface area contributed by atoms with E-state index in [1.807, 2.05) is 48.5 Å². The summed E-state index contributed by atoms with van der Waals surface area (Å²) in [6.07, 6.45) is 1.74. The van der Waals surface area contributed by atoms with Crippen LogP contribution in [0, 0.1) is 11.8 Å². The Bertz CT molecular complexity index is 895. The lowest BCUT2D eigenvalue weighted by molar-refractivity contribution is -0.129. The van der Waals surface area contributed by atoms with Crippen molar-refractivity contribution in [1.29, 1.82) is 0 Å². The fourth-order valence-corrected chi connectivity index (χ4v) is 4.10. The normalized spacial score (nSPS) is 18.7. The average molecular weight is 425 g/mol. The van der Waals surface area contributed by atoms with Gasteiger partial charge in [0.15, 0.2) is 0 Å². The molecular formula is C25H32N2O4. The first-order valence-electron chi connectivity index (χ1n) is 10.8. The summed E-state index contributed by atoms with van der Waals surface area (Å²) < 4.78 is 10.9. The number of amides is 2. The smallest absolute Gasteiger partial charge is 0.227 e. The lowest BCUT2D eigenvalue weighted by Crippen LogP contribution is -2.48. The van der Waals surface area contributed by atoms with Crippen LogP contribution in [0.2, 0.25) is 0 Å². The van der Waals surface area contributed by atoms with Crippen LogP contribution in [-0.4, -0.2) is 32.6 Å². The van der Waals surface area contributed by atoms with Crippen LogP contribution in [0.25, 0.3) is 0 Å². The molecule has 0 radical (unpaired) electrons. The molecule has 1 N–H and O–H groups in total. The van der Waals surface area contributed by atoms with Gasteiger partial charge in [0.05, 0.1) is 26.2 Å². The number of benzene rings is 2. The number of carbonyl (C=O) groups is 2. The molecule has 6 heteroatoms. The predicted molar refractivity (Wildman–Crippen MR) is 121 cm³/mol.